The minimum absolute atomic E-state index is 0.0406. The Morgan fingerprint density at radius 3 is 2.62 bits per heavy atom. The smallest absolute Gasteiger partial charge is 0.421 e. The van der Waals surface area contributed by atoms with Gasteiger partial charge in [-0.05, 0) is 46.9 Å². The fourth-order valence-electron chi connectivity index (χ4n) is 1.57. The summed E-state index contributed by atoms with van der Waals surface area (Å²) in [6, 6.07) is 6.73. The fraction of sp³-hybridized carbons (Fsp3) is 0.0769. The summed E-state index contributed by atoms with van der Waals surface area (Å²) in [7, 11) is 0. The van der Waals surface area contributed by atoms with Crippen LogP contribution < -0.4 is 10.5 Å². The van der Waals surface area contributed by atoms with E-state index >= 15 is 0 Å². The van der Waals surface area contributed by atoms with Crippen LogP contribution in [-0.2, 0) is 6.18 Å². The van der Waals surface area contributed by atoms with Gasteiger partial charge in [-0.1, -0.05) is 0 Å². The van der Waals surface area contributed by atoms with E-state index in [9.17, 15) is 13.2 Å². The van der Waals surface area contributed by atoms with Gasteiger partial charge in [-0.2, -0.15) is 18.4 Å². The van der Waals surface area contributed by atoms with Gasteiger partial charge in [-0.15, -0.1) is 0 Å². The van der Waals surface area contributed by atoms with Gasteiger partial charge in [-0.3, -0.25) is 0 Å². The number of aromatic nitrogens is 1. The zero-order valence-electron chi connectivity index (χ0n) is 10.3. The van der Waals surface area contributed by atoms with Gasteiger partial charge >= 0.3 is 6.18 Å². The molecule has 4 nitrogen and oxygen atoms in total. The van der Waals surface area contributed by atoms with Gasteiger partial charge in [0.2, 0.25) is 5.88 Å². The molecule has 1 heterocycles. The molecule has 1 aromatic carbocycles. The lowest BCUT2D eigenvalue weighted by molar-refractivity contribution is -0.138. The van der Waals surface area contributed by atoms with Gasteiger partial charge in [0.05, 0.1) is 20.9 Å². The first kappa shape index (κ1) is 15.4. The van der Waals surface area contributed by atoms with Gasteiger partial charge in [0.15, 0.2) is 5.75 Å². The third kappa shape index (κ3) is 3.36. The minimum Gasteiger partial charge on any atom is -0.435 e. The van der Waals surface area contributed by atoms with Crippen LogP contribution in [-0.4, -0.2) is 4.98 Å². The number of rotatable bonds is 2. The highest BCUT2D eigenvalue weighted by molar-refractivity contribution is 14.1. The summed E-state index contributed by atoms with van der Waals surface area (Å²) in [5.41, 5.74) is 5.08. The number of nitrogens with two attached hydrogens (primary N) is 1. The number of hydrogen-bond acceptors (Lipinski definition) is 4. The molecule has 0 amide bonds. The molecule has 0 unspecified atom stereocenters. The number of pyridine rings is 1. The van der Waals surface area contributed by atoms with Crippen molar-refractivity contribution < 1.29 is 17.9 Å². The molecule has 0 radical (unpaired) electrons. The van der Waals surface area contributed by atoms with Gasteiger partial charge < -0.3 is 10.5 Å². The highest BCUT2D eigenvalue weighted by atomic mass is 127. The van der Waals surface area contributed by atoms with E-state index in [1.165, 1.54) is 24.4 Å². The number of nitrogens with zero attached hydrogens (tertiary/aromatic N) is 2. The summed E-state index contributed by atoms with van der Waals surface area (Å²) in [5.74, 6) is -0.543. The first-order valence-electron chi connectivity index (χ1n) is 5.52. The molecule has 0 aliphatic heterocycles. The van der Waals surface area contributed by atoms with Crippen molar-refractivity contribution in [3.05, 3.63) is 45.2 Å². The molecular weight excluding hydrogens is 398 g/mol. The highest BCUT2D eigenvalue weighted by Crippen LogP contribution is 2.39. The standard InChI is InChI=1S/C13H7F3IN3O/c14-13(15,16)8-2-1-3-20-12(8)21-11-9(17)4-7(6-18)5-10(11)19/h1-5H,19H2. The summed E-state index contributed by atoms with van der Waals surface area (Å²) >= 11 is 1.83. The van der Waals surface area contributed by atoms with Gasteiger partial charge in [0.25, 0.3) is 0 Å². The second-order valence-electron chi connectivity index (χ2n) is 3.94. The Bertz CT molecular complexity index is 702. The number of anilines is 1. The first-order valence-corrected chi connectivity index (χ1v) is 6.60. The maximum atomic E-state index is 12.9. The second-order valence-corrected chi connectivity index (χ2v) is 5.11. The van der Waals surface area contributed by atoms with Gasteiger partial charge in [-0.25, -0.2) is 4.98 Å². The average molecular weight is 405 g/mol. The first-order chi connectivity index (χ1) is 9.82. The molecule has 0 bridgehead atoms. The van der Waals surface area contributed by atoms with Crippen molar-refractivity contribution in [3.63, 3.8) is 0 Å². The van der Waals surface area contributed by atoms with Crippen LogP contribution in [0.15, 0.2) is 30.5 Å². The quantitative estimate of drug-likeness (QED) is 0.607. The van der Waals surface area contributed by atoms with Gasteiger partial charge in [0, 0.05) is 6.20 Å². The summed E-state index contributed by atoms with van der Waals surface area (Å²) < 4.78 is 44.3. The summed E-state index contributed by atoms with van der Waals surface area (Å²) in [4.78, 5) is 3.60. The Morgan fingerprint density at radius 2 is 2.05 bits per heavy atom. The number of alkyl halides is 3. The van der Waals surface area contributed by atoms with Crippen LogP contribution in [0, 0.1) is 14.9 Å². The van der Waals surface area contributed by atoms with Crippen LogP contribution in [0.1, 0.15) is 11.1 Å². The fourth-order valence-corrected chi connectivity index (χ4v) is 2.33. The number of hydrogen-bond donors (Lipinski definition) is 1. The number of nitriles is 1. The van der Waals surface area contributed by atoms with E-state index in [4.69, 9.17) is 15.7 Å². The molecule has 8 heteroatoms. The normalized spacial score (nSPS) is 11.0. The van der Waals surface area contributed by atoms with Crippen molar-refractivity contribution in [1.82, 2.24) is 4.98 Å². The van der Waals surface area contributed by atoms with Crippen LogP contribution in [0.3, 0.4) is 0 Å². The van der Waals surface area contributed by atoms with E-state index < -0.39 is 17.6 Å². The maximum Gasteiger partial charge on any atom is 0.421 e. The second kappa shape index (κ2) is 5.77. The number of halogens is 4. The predicted octanol–water partition coefficient (Wildman–Crippen LogP) is 3.95. The molecule has 0 saturated heterocycles. The lowest BCUT2D eigenvalue weighted by Crippen LogP contribution is -2.09. The largest absolute Gasteiger partial charge is 0.435 e. The Kier molecular flexibility index (Phi) is 4.22. The van der Waals surface area contributed by atoms with E-state index in [0.717, 1.165) is 6.07 Å². The summed E-state index contributed by atoms with van der Waals surface area (Å²) in [5, 5.41) is 8.81. The molecule has 0 fully saturated rings. The number of benzene rings is 1. The van der Waals surface area contributed by atoms with Crippen LogP contribution in [0.5, 0.6) is 11.6 Å². The SMILES string of the molecule is N#Cc1cc(N)c(Oc2ncccc2C(F)(F)F)c(I)c1. The molecule has 2 rings (SSSR count). The molecule has 0 atom stereocenters. The van der Waals surface area contributed by atoms with Crippen molar-refractivity contribution in [2.45, 2.75) is 6.18 Å². The Morgan fingerprint density at radius 1 is 1.33 bits per heavy atom. The molecule has 108 valence electrons. The zero-order valence-corrected chi connectivity index (χ0v) is 12.4. The van der Waals surface area contributed by atoms with Crippen molar-refractivity contribution in [1.29, 1.82) is 5.26 Å². The summed E-state index contributed by atoms with van der Waals surface area (Å²) in [6.07, 6.45) is -3.40. The lowest BCUT2D eigenvalue weighted by atomic mass is 10.2. The van der Waals surface area contributed by atoms with E-state index in [0.29, 0.717) is 9.13 Å². The van der Waals surface area contributed by atoms with Crippen LogP contribution in [0.2, 0.25) is 0 Å². The zero-order chi connectivity index (χ0) is 15.6. The molecule has 0 spiro atoms. The van der Waals surface area contributed by atoms with Crippen LogP contribution in [0.25, 0.3) is 0 Å². The molecular formula is C13H7F3IN3O. The predicted molar refractivity (Wildman–Crippen MR) is 77.6 cm³/mol. The molecule has 21 heavy (non-hydrogen) atoms. The van der Waals surface area contributed by atoms with E-state index in [-0.39, 0.29) is 11.4 Å². The molecule has 0 aliphatic carbocycles. The van der Waals surface area contributed by atoms with Crippen LogP contribution >= 0.6 is 22.6 Å². The molecule has 0 saturated carbocycles. The lowest BCUT2D eigenvalue weighted by Gasteiger charge is -2.14. The Labute approximate surface area is 131 Å². The monoisotopic (exact) mass is 405 g/mol. The van der Waals surface area contributed by atoms with Crippen molar-refractivity contribution in [2.24, 2.45) is 0 Å². The Balaban J connectivity index is 2.48. The molecule has 1 aromatic heterocycles. The molecule has 2 N–H and O–H groups in total. The van der Waals surface area contributed by atoms with Crippen molar-refractivity contribution in [2.75, 3.05) is 5.73 Å². The van der Waals surface area contributed by atoms with Crippen molar-refractivity contribution >= 4 is 28.3 Å². The van der Waals surface area contributed by atoms with Gasteiger partial charge in [0.1, 0.15) is 5.56 Å². The summed E-state index contributed by atoms with van der Waals surface area (Å²) in [6.45, 7) is 0. The number of nitrogen functional groups attached to an aromatic ring is 1. The third-order valence-electron chi connectivity index (χ3n) is 2.48. The third-order valence-corrected chi connectivity index (χ3v) is 3.28. The maximum absolute atomic E-state index is 12.9. The van der Waals surface area contributed by atoms with Crippen molar-refractivity contribution in [3.8, 4) is 17.7 Å². The van der Waals surface area contributed by atoms with E-state index in [1.54, 1.807) is 0 Å². The average Bonchev–Trinajstić information content (AvgIpc) is 2.42. The van der Waals surface area contributed by atoms with E-state index in [2.05, 4.69) is 4.98 Å². The molecule has 0 aliphatic rings. The van der Waals surface area contributed by atoms with E-state index in [1.807, 2.05) is 28.7 Å². The van der Waals surface area contributed by atoms with Crippen LogP contribution in [0.4, 0.5) is 18.9 Å². The number of ether oxygens (including phenoxy) is 1. The molecule has 2 aromatic rings. The minimum atomic E-state index is -4.59. The highest BCUT2D eigenvalue weighted by Gasteiger charge is 2.35. The topological polar surface area (TPSA) is 71.9 Å². The Hall–Kier alpha value is -2.02.